The number of carbonyl (C=O) groups is 1. The number of hydrogen-bond acceptors (Lipinski definition) is 3. The Labute approximate surface area is 155 Å². The maximum absolute atomic E-state index is 13.2. The summed E-state index contributed by atoms with van der Waals surface area (Å²) in [7, 11) is 1.83. The lowest BCUT2D eigenvalue weighted by atomic mass is 10.1. The Balaban J connectivity index is 1.73. The molecule has 26 heavy (non-hydrogen) atoms. The van der Waals surface area contributed by atoms with Gasteiger partial charge in [0.2, 0.25) is 0 Å². The number of imidazole rings is 1. The van der Waals surface area contributed by atoms with E-state index in [0.29, 0.717) is 16.6 Å². The van der Waals surface area contributed by atoms with Crippen LogP contribution in [0.15, 0.2) is 60.9 Å². The van der Waals surface area contributed by atoms with E-state index in [1.165, 1.54) is 12.1 Å². The van der Waals surface area contributed by atoms with Crippen molar-refractivity contribution >= 4 is 17.5 Å². The zero-order valence-electron chi connectivity index (χ0n) is 14.0. The summed E-state index contributed by atoms with van der Waals surface area (Å²) >= 11 is 5.82. The molecule has 1 amide bonds. The second kappa shape index (κ2) is 8.01. The van der Waals surface area contributed by atoms with Gasteiger partial charge in [0.1, 0.15) is 23.4 Å². The van der Waals surface area contributed by atoms with Crippen molar-refractivity contribution in [3.63, 3.8) is 0 Å². The maximum atomic E-state index is 13.2. The highest BCUT2D eigenvalue weighted by atomic mass is 35.5. The summed E-state index contributed by atoms with van der Waals surface area (Å²) in [6.07, 6.45) is 3.42. The number of carbonyl (C=O) groups excluding carboxylic acids is 1. The molecule has 0 spiro atoms. The molecule has 0 bridgehead atoms. The zero-order valence-corrected chi connectivity index (χ0v) is 14.8. The zero-order chi connectivity index (χ0) is 18.5. The van der Waals surface area contributed by atoms with Crippen molar-refractivity contribution in [3.05, 3.63) is 83.2 Å². The van der Waals surface area contributed by atoms with Gasteiger partial charge in [0.25, 0.3) is 5.91 Å². The molecular formula is C19H17ClFN3O2. The predicted molar refractivity (Wildman–Crippen MR) is 96.5 cm³/mol. The first-order valence-electron chi connectivity index (χ1n) is 7.93. The van der Waals surface area contributed by atoms with Crippen LogP contribution >= 0.6 is 11.6 Å². The van der Waals surface area contributed by atoms with E-state index in [4.69, 9.17) is 16.3 Å². The molecule has 0 fully saturated rings. The molecule has 0 unspecified atom stereocenters. The summed E-state index contributed by atoms with van der Waals surface area (Å²) in [5.41, 5.74) is 0.723. The molecule has 2 aromatic carbocycles. The molecule has 3 aromatic rings. The Hall–Kier alpha value is -2.86. The third kappa shape index (κ3) is 4.40. The third-order valence-corrected chi connectivity index (χ3v) is 4.06. The summed E-state index contributed by atoms with van der Waals surface area (Å²) in [4.78, 5) is 16.7. The van der Waals surface area contributed by atoms with Crippen LogP contribution in [0.25, 0.3) is 0 Å². The van der Waals surface area contributed by atoms with Gasteiger partial charge in [-0.2, -0.15) is 0 Å². The van der Waals surface area contributed by atoms with Crippen molar-refractivity contribution in [2.24, 2.45) is 7.05 Å². The highest BCUT2D eigenvalue weighted by Crippen LogP contribution is 2.21. The highest BCUT2D eigenvalue weighted by Gasteiger charge is 2.21. The average Bonchev–Trinajstić information content (AvgIpc) is 3.06. The molecule has 1 atom stereocenters. The van der Waals surface area contributed by atoms with Gasteiger partial charge in [-0.15, -0.1) is 0 Å². The van der Waals surface area contributed by atoms with Crippen LogP contribution in [-0.2, 0) is 11.8 Å². The molecule has 0 saturated carbocycles. The Morgan fingerprint density at radius 1 is 1.23 bits per heavy atom. The fourth-order valence-corrected chi connectivity index (χ4v) is 2.62. The van der Waals surface area contributed by atoms with Crippen molar-refractivity contribution < 1.29 is 13.9 Å². The molecule has 0 aliphatic carbocycles. The summed E-state index contributed by atoms with van der Waals surface area (Å²) in [6.45, 7) is -0.163. The van der Waals surface area contributed by atoms with E-state index in [2.05, 4.69) is 10.3 Å². The van der Waals surface area contributed by atoms with Crippen LogP contribution in [0.2, 0.25) is 5.02 Å². The van der Waals surface area contributed by atoms with Gasteiger partial charge in [0.15, 0.2) is 6.61 Å². The smallest absolute Gasteiger partial charge is 0.258 e. The minimum Gasteiger partial charge on any atom is -0.484 e. The van der Waals surface area contributed by atoms with E-state index in [1.807, 2.05) is 7.05 Å². The Morgan fingerprint density at radius 3 is 2.54 bits per heavy atom. The SMILES string of the molecule is Cn1ccnc1[C@@H](NC(=O)COc1ccc(Cl)cc1)c1ccc(F)cc1. The second-order valence-electron chi connectivity index (χ2n) is 5.69. The van der Waals surface area contributed by atoms with Crippen LogP contribution in [0.4, 0.5) is 4.39 Å². The molecule has 0 saturated heterocycles. The van der Waals surface area contributed by atoms with Gasteiger partial charge < -0.3 is 14.6 Å². The third-order valence-electron chi connectivity index (χ3n) is 3.81. The van der Waals surface area contributed by atoms with Gasteiger partial charge in [-0.25, -0.2) is 9.37 Å². The topological polar surface area (TPSA) is 56.2 Å². The molecule has 3 rings (SSSR count). The predicted octanol–water partition coefficient (Wildman–Crippen LogP) is 3.50. The second-order valence-corrected chi connectivity index (χ2v) is 6.13. The average molecular weight is 374 g/mol. The molecule has 7 heteroatoms. The van der Waals surface area contributed by atoms with Crippen LogP contribution in [0.5, 0.6) is 5.75 Å². The maximum Gasteiger partial charge on any atom is 0.258 e. The number of nitrogens with zero attached hydrogens (tertiary/aromatic N) is 2. The number of benzene rings is 2. The van der Waals surface area contributed by atoms with Gasteiger partial charge in [0, 0.05) is 24.5 Å². The first-order valence-corrected chi connectivity index (χ1v) is 8.31. The summed E-state index contributed by atoms with van der Waals surface area (Å²) < 4.78 is 20.5. The Morgan fingerprint density at radius 2 is 1.92 bits per heavy atom. The largest absolute Gasteiger partial charge is 0.484 e. The summed E-state index contributed by atoms with van der Waals surface area (Å²) in [5, 5.41) is 3.47. The quantitative estimate of drug-likeness (QED) is 0.719. The van der Waals surface area contributed by atoms with Crippen molar-refractivity contribution in [2.75, 3.05) is 6.61 Å². The van der Waals surface area contributed by atoms with E-state index >= 15 is 0 Å². The number of hydrogen-bond donors (Lipinski definition) is 1. The number of aromatic nitrogens is 2. The summed E-state index contributed by atoms with van der Waals surface area (Å²) in [5.74, 6) is 0.512. The number of ether oxygens (including phenoxy) is 1. The van der Waals surface area contributed by atoms with Gasteiger partial charge in [-0.05, 0) is 42.0 Å². The van der Waals surface area contributed by atoms with Crippen LogP contribution in [0.3, 0.4) is 0 Å². The highest BCUT2D eigenvalue weighted by molar-refractivity contribution is 6.30. The minimum absolute atomic E-state index is 0.163. The van der Waals surface area contributed by atoms with Crippen molar-refractivity contribution in [3.8, 4) is 5.75 Å². The molecule has 1 aromatic heterocycles. The fraction of sp³-hybridized carbons (Fsp3) is 0.158. The molecular weight excluding hydrogens is 357 g/mol. The fourth-order valence-electron chi connectivity index (χ4n) is 2.49. The molecule has 1 heterocycles. The molecule has 134 valence electrons. The standard InChI is InChI=1S/C19H17ClFN3O2/c1-24-11-10-22-19(24)18(13-2-6-15(21)7-3-13)23-17(25)12-26-16-8-4-14(20)5-9-16/h2-11,18H,12H2,1H3,(H,23,25)/t18-/m0/s1. The number of nitrogens with one attached hydrogen (secondary N) is 1. The van der Waals surface area contributed by atoms with E-state index < -0.39 is 6.04 Å². The Bertz CT molecular complexity index is 879. The van der Waals surface area contributed by atoms with Gasteiger partial charge in [0.05, 0.1) is 0 Å². The van der Waals surface area contributed by atoms with Crippen LogP contribution < -0.4 is 10.1 Å². The van der Waals surface area contributed by atoms with E-state index in [0.717, 1.165) is 5.56 Å². The first-order chi connectivity index (χ1) is 12.5. The van der Waals surface area contributed by atoms with Crippen LogP contribution in [-0.4, -0.2) is 22.1 Å². The van der Waals surface area contributed by atoms with E-state index in [9.17, 15) is 9.18 Å². The van der Waals surface area contributed by atoms with Crippen molar-refractivity contribution in [1.29, 1.82) is 0 Å². The number of halogens is 2. The normalized spacial score (nSPS) is 11.8. The molecule has 0 aliphatic heterocycles. The lowest BCUT2D eigenvalue weighted by Crippen LogP contribution is -2.34. The summed E-state index contributed by atoms with van der Waals surface area (Å²) in [6, 6.07) is 12.2. The van der Waals surface area contributed by atoms with Gasteiger partial charge >= 0.3 is 0 Å². The van der Waals surface area contributed by atoms with Crippen molar-refractivity contribution in [2.45, 2.75) is 6.04 Å². The van der Waals surface area contributed by atoms with Gasteiger partial charge in [-0.1, -0.05) is 23.7 Å². The number of amides is 1. The molecule has 0 radical (unpaired) electrons. The van der Waals surface area contributed by atoms with E-state index in [1.54, 1.807) is 53.4 Å². The van der Waals surface area contributed by atoms with Crippen LogP contribution in [0.1, 0.15) is 17.4 Å². The lowest BCUT2D eigenvalue weighted by Gasteiger charge is -2.19. The van der Waals surface area contributed by atoms with Crippen molar-refractivity contribution in [1.82, 2.24) is 14.9 Å². The molecule has 1 N–H and O–H groups in total. The monoisotopic (exact) mass is 373 g/mol. The van der Waals surface area contributed by atoms with E-state index in [-0.39, 0.29) is 18.3 Å². The van der Waals surface area contributed by atoms with Gasteiger partial charge in [-0.3, -0.25) is 4.79 Å². The number of rotatable bonds is 6. The first kappa shape index (κ1) is 17.9. The number of aryl methyl sites for hydroxylation is 1. The lowest BCUT2D eigenvalue weighted by molar-refractivity contribution is -0.123. The van der Waals surface area contributed by atoms with Crippen LogP contribution in [0, 0.1) is 5.82 Å². The minimum atomic E-state index is -0.517. The Kier molecular flexibility index (Phi) is 5.53. The molecule has 0 aliphatic rings. The molecule has 5 nitrogen and oxygen atoms in total.